The smallest absolute Gasteiger partial charge is 0.123 e. The number of rotatable bonds is 5. The summed E-state index contributed by atoms with van der Waals surface area (Å²) in [6.45, 7) is 4.90. The minimum absolute atomic E-state index is 0.148. The fraction of sp³-hybridized carbons (Fsp3) is 0.312. The summed E-state index contributed by atoms with van der Waals surface area (Å²) >= 11 is 6.23. The SMILES string of the molecule is CCCNC(c1cncc(C)c1)c1cc(F)ccc1Cl. The van der Waals surface area contributed by atoms with E-state index in [4.69, 9.17) is 11.6 Å². The first kappa shape index (κ1) is 14.9. The molecule has 0 saturated heterocycles. The van der Waals surface area contributed by atoms with E-state index < -0.39 is 0 Å². The molecule has 1 atom stereocenters. The van der Waals surface area contributed by atoms with Gasteiger partial charge >= 0.3 is 0 Å². The Morgan fingerprint density at radius 1 is 1.30 bits per heavy atom. The van der Waals surface area contributed by atoms with Crippen molar-refractivity contribution >= 4 is 11.6 Å². The van der Waals surface area contributed by atoms with E-state index in [1.807, 2.05) is 13.0 Å². The molecule has 0 spiro atoms. The molecule has 0 radical (unpaired) electrons. The first-order valence-electron chi connectivity index (χ1n) is 6.71. The predicted octanol–water partition coefficient (Wildman–Crippen LogP) is 4.27. The maximum Gasteiger partial charge on any atom is 0.123 e. The molecule has 0 aliphatic heterocycles. The molecule has 1 aromatic heterocycles. The van der Waals surface area contributed by atoms with E-state index in [1.54, 1.807) is 18.5 Å². The van der Waals surface area contributed by atoms with E-state index in [0.717, 1.165) is 29.7 Å². The Bertz CT molecular complexity index is 586. The number of aryl methyl sites for hydroxylation is 1. The molecule has 0 aliphatic rings. The van der Waals surface area contributed by atoms with Crippen molar-refractivity contribution in [2.75, 3.05) is 6.54 Å². The average Bonchev–Trinajstić information content (AvgIpc) is 2.43. The van der Waals surface area contributed by atoms with Gasteiger partial charge in [0.2, 0.25) is 0 Å². The number of hydrogen-bond acceptors (Lipinski definition) is 2. The van der Waals surface area contributed by atoms with E-state index in [-0.39, 0.29) is 11.9 Å². The standard InChI is InChI=1S/C16H18ClFN2/c1-3-6-20-16(12-7-11(2)9-19-10-12)14-8-13(18)4-5-15(14)17/h4-5,7-10,16,20H,3,6H2,1-2H3. The van der Waals surface area contributed by atoms with Gasteiger partial charge in [0.15, 0.2) is 0 Å². The van der Waals surface area contributed by atoms with Gasteiger partial charge in [-0.2, -0.15) is 0 Å². The molecule has 0 fully saturated rings. The van der Waals surface area contributed by atoms with Crippen LogP contribution in [0.25, 0.3) is 0 Å². The molecular formula is C16H18ClFN2. The molecule has 0 amide bonds. The van der Waals surface area contributed by atoms with Crippen LogP contribution in [0.4, 0.5) is 4.39 Å². The molecular weight excluding hydrogens is 275 g/mol. The molecule has 0 saturated carbocycles. The maximum atomic E-state index is 13.5. The molecule has 1 aromatic carbocycles. The topological polar surface area (TPSA) is 24.9 Å². The second-order valence-electron chi connectivity index (χ2n) is 4.85. The molecule has 0 aliphatic carbocycles. The third-order valence-corrected chi connectivity index (χ3v) is 3.44. The van der Waals surface area contributed by atoms with Crippen LogP contribution in [-0.4, -0.2) is 11.5 Å². The maximum absolute atomic E-state index is 13.5. The largest absolute Gasteiger partial charge is 0.306 e. The molecule has 2 nitrogen and oxygen atoms in total. The second kappa shape index (κ2) is 6.82. The highest BCUT2D eigenvalue weighted by molar-refractivity contribution is 6.31. The van der Waals surface area contributed by atoms with Gasteiger partial charge in [-0.25, -0.2) is 4.39 Å². The lowest BCUT2D eigenvalue weighted by molar-refractivity contribution is 0.584. The fourth-order valence-electron chi connectivity index (χ4n) is 2.17. The highest BCUT2D eigenvalue weighted by Gasteiger charge is 2.17. The molecule has 106 valence electrons. The Labute approximate surface area is 124 Å². The van der Waals surface area contributed by atoms with Crippen LogP contribution in [0.2, 0.25) is 5.02 Å². The Morgan fingerprint density at radius 3 is 2.80 bits per heavy atom. The second-order valence-corrected chi connectivity index (χ2v) is 5.26. The zero-order chi connectivity index (χ0) is 14.5. The predicted molar refractivity (Wildman–Crippen MR) is 80.5 cm³/mol. The Hall–Kier alpha value is -1.45. The highest BCUT2D eigenvalue weighted by atomic mass is 35.5. The van der Waals surface area contributed by atoms with Crippen LogP contribution in [-0.2, 0) is 0 Å². The van der Waals surface area contributed by atoms with Gasteiger partial charge in [-0.1, -0.05) is 24.6 Å². The molecule has 0 bridgehead atoms. The third-order valence-electron chi connectivity index (χ3n) is 3.10. The first-order chi connectivity index (χ1) is 9.61. The molecule has 2 rings (SSSR count). The van der Waals surface area contributed by atoms with Crippen molar-refractivity contribution in [3.8, 4) is 0 Å². The van der Waals surface area contributed by atoms with Crippen LogP contribution in [0.5, 0.6) is 0 Å². The van der Waals surface area contributed by atoms with Crippen LogP contribution in [0.1, 0.15) is 36.1 Å². The summed E-state index contributed by atoms with van der Waals surface area (Å²) in [7, 11) is 0. The van der Waals surface area contributed by atoms with Crippen molar-refractivity contribution in [3.05, 3.63) is 64.2 Å². The van der Waals surface area contributed by atoms with Gasteiger partial charge in [0.05, 0.1) is 6.04 Å². The van der Waals surface area contributed by atoms with Crippen molar-refractivity contribution < 1.29 is 4.39 Å². The Kier molecular flexibility index (Phi) is 5.10. The zero-order valence-corrected chi connectivity index (χ0v) is 12.4. The fourth-order valence-corrected chi connectivity index (χ4v) is 2.39. The summed E-state index contributed by atoms with van der Waals surface area (Å²) in [4.78, 5) is 4.21. The molecule has 2 aromatic rings. The van der Waals surface area contributed by atoms with Gasteiger partial charge in [-0.15, -0.1) is 0 Å². The van der Waals surface area contributed by atoms with Crippen LogP contribution >= 0.6 is 11.6 Å². The van der Waals surface area contributed by atoms with E-state index >= 15 is 0 Å². The lowest BCUT2D eigenvalue weighted by Crippen LogP contribution is -2.24. The van der Waals surface area contributed by atoms with Crippen LogP contribution < -0.4 is 5.32 Å². The number of pyridine rings is 1. The van der Waals surface area contributed by atoms with Gasteiger partial charge in [0.1, 0.15) is 5.82 Å². The monoisotopic (exact) mass is 292 g/mol. The summed E-state index contributed by atoms with van der Waals surface area (Å²) in [6, 6.07) is 6.35. The quantitative estimate of drug-likeness (QED) is 0.890. The van der Waals surface area contributed by atoms with E-state index in [2.05, 4.69) is 17.2 Å². The van der Waals surface area contributed by atoms with Gasteiger partial charge in [0.25, 0.3) is 0 Å². The van der Waals surface area contributed by atoms with Crippen LogP contribution in [0.3, 0.4) is 0 Å². The summed E-state index contributed by atoms with van der Waals surface area (Å²) in [5.41, 5.74) is 2.80. The third kappa shape index (κ3) is 3.56. The van der Waals surface area contributed by atoms with Crippen molar-refractivity contribution in [1.82, 2.24) is 10.3 Å². The van der Waals surface area contributed by atoms with Crippen molar-refractivity contribution in [1.29, 1.82) is 0 Å². The van der Waals surface area contributed by atoms with Gasteiger partial charge in [-0.3, -0.25) is 4.98 Å². The number of benzene rings is 1. The lowest BCUT2D eigenvalue weighted by Gasteiger charge is -2.21. The van der Waals surface area contributed by atoms with Gasteiger partial charge < -0.3 is 5.32 Å². The number of aromatic nitrogens is 1. The number of hydrogen-bond donors (Lipinski definition) is 1. The molecule has 1 N–H and O–H groups in total. The summed E-state index contributed by atoms with van der Waals surface area (Å²) in [5.74, 6) is -0.284. The Morgan fingerprint density at radius 2 is 2.10 bits per heavy atom. The van der Waals surface area contributed by atoms with Crippen molar-refractivity contribution in [3.63, 3.8) is 0 Å². The van der Waals surface area contributed by atoms with Crippen LogP contribution in [0.15, 0.2) is 36.7 Å². The highest BCUT2D eigenvalue weighted by Crippen LogP contribution is 2.29. The number of nitrogens with one attached hydrogen (secondary N) is 1. The molecule has 1 heterocycles. The van der Waals surface area contributed by atoms with Crippen LogP contribution in [0, 0.1) is 12.7 Å². The molecule has 4 heteroatoms. The van der Waals surface area contributed by atoms with E-state index in [0.29, 0.717) is 5.02 Å². The summed E-state index contributed by atoms with van der Waals surface area (Å²) in [5, 5.41) is 3.96. The molecule has 1 unspecified atom stereocenters. The minimum atomic E-state index is -0.284. The summed E-state index contributed by atoms with van der Waals surface area (Å²) in [6.07, 6.45) is 4.58. The number of halogens is 2. The van der Waals surface area contributed by atoms with E-state index in [1.165, 1.54) is 12.1 Å². The van der Waals surface area contributed by atoms with Crippen molar-refractivity contribution in [2.45, 2.75) is 26.3 Å². The zero-order valence-electron chi connectivity index (χ0n) is 11.7. The minimum Gasteiger partial charge on any atom is -0.306 e. The lowest BCUT2D eigenvalue weighted by atomic mass is 9.99. The first-order valence-corrected chi connectivity index (χ1v) is 7.09. The average molecular weight is 293 g/mol. The van der Waals surface area contributed by atoms with Crippen molar-refractivity contribution in [2.24, 2.45) is 0 Å². The summed E-state index contributed by atoms with van der Waals surface area (Å²) < 4.78 is 13.5. The molecule has 20 heavy (non-hydrogen) atoms. The number of nitrogens with zero attached hydrogens (tertiary/aromatic N) is 1. The normalized spacial score (nSPS) is 12.4. The van der Waals surface area contributed by atoms with E-state index in [9.17, 15) is 4.39 Å². The Balaban J connectivity index is 2.44. The van der Waals surface area contributed by atoms with Gasteiger partial charge in [-0.05, 0) is 54.8 Å². The van der Waals surface area contributed by atoms with Gasteiger partial charge in [0, 0.05) is 17.4 Å².